The number of benzene rings is 2. The number of halogens is 1. The summed E-state index contributed by atoms with van der Waals surface area (Å²) in [6, 6.07) is 15.5. The Hall–Kier alpha value is -2.46. The van der Waals surface area contributed by atoms with E-state index >= 15 is 0 Å². The first kappa shape index (κ1) is 17.0. The molecule has 1 heterocycles. The lowest BCUT2D eigenvalue weighted by Crippen LogP contribution is -2.40. The third kappa shape index (κ3) is 3.70. The number of nitrogens with one attached hydrogen (secondary N) is 3. The molecule has 1 aromatic heterocycles. The first-order valence-corrected chi connectivity index (χ1v) is 9.46. The number of carbonyl (C=O) groups is 1. The molecule has 1 aliphatic carbocycles. The molecule has 26 heavy (non-hydrogen) atoms. The van der Waals surface area contributed by atoms with Crippen LogP contribution >= 0.6 is 11.6 Å². The van der Waals surface area contributed by atoms with Crippen LogP contribution in [0.1, 0.15) is 37.2 Å². The molecule has 1 saturated carbocycles. The molecule has 0 radical (unpaired) electrons. The minimum atomic E-state index is -0.135. The van der Waals surface area contributed by atoms with E-state index in [1.165, 1.54) is 10.9 Å². The van der Waals surface area contributed by atoms with Gasteiger partial charge in [0.25, 0.3) is 0 Å². The molecule has 5 heteroatoms. The fraction of sp³-hybridized carbons (Fsp3) is 0.286. The number of aromatic amines is 1. The monoisotopic (exact) mass is 367 g/mol. The fourth-order valence-corrected chi connectivity index (χ4v) is 4.10. The van der Waals surface area contributed by atoms with E-state index in [2.05, 4.69) is 21.8 Å². The number of aromatic nitrogens is 1. The van der Waals surface area contributed by atoms with Gasteiger partial charge in [0.2, 0.25) is 0 Å². The molecule has 0 saturated heterocycles. The summed E-state index contributed by atoms with van der Waals surface area (Å²) in [5.41, 5.74) is 3.22. The molecule has 2 amide bonds. The molecule has 4 nitrogen and oxygen atoms in total. The number of fused-ring (bicyclic) bond motifs is 1. The van der Waals surface area contributed by atoms with Crippen LogP contribution in [0.5, 0.6) is 0 Å². The summed E-state index contributed by atoms with van der Waals surface area (Å²) in [6.07, 6.45) is 6.30. The van der Waals surface area contributed by atoms with Crippen LogP contribution in [-0.4, -0.2) is 17.1 Å². The van der Waals surface area contributed by atoms with Gasteiger partial charge in [-0.05, 0) is 61.1 Å². The number of amides is 2. The predicted molar refractivity (Wildman–Crippen MR) is 107 cm³/mol. The number of rotatable bonds is 3. The highest BCUT2D eigenvalue weighted by atomic mass is 35.5. The molecule has 1 fully saturated rings. The lowest BCUT2D eigenvalue weighted by Gasteiger charge is -2.29. The summed E-state index contributed by atoms with van der Waals surface area (Å²) in [5, 5.41) is 7.98. The van der Waals surface area contributed by atoms with E-state index in [1.54, 1.807) is 0 Å². The number of H-pyrrole nitrogens is 1. The SMILES string of the molecule is O=C(Nc1ccccc1)N[C@H]1CCC[C@@H](c2c[nH]c3ccc(Cl)cc23)C1. The minimum Gasteiger partial charge on any atom is -0.361 e. The van der Waals surface area contributed by atoms with Crippen molar-refractivity contribution in [3.05, 3.63) is 65.3 Å². The Morgan fingerprint density at radius 3 is 2.81 bits per heavy atom. The molecule has 0 unspecified atom stereocenters. The van der Waals surface area contributed by atoms with Crippen LogP contribution < -0.4 is 10.6 Å². The Bertz CT molecular complexity index is 906. The largest absolute Gasteiger partial charge is 0.361 e. The highest BCUT2D eigenvalue weighted by Crippen LogP contribution is 2.37. The number of carbonyl (C=O) groups excluding carboxylic acids is 1. The number of anilines is 1. The molecule has 0 spiro atoms. The van der Waals surface area contributed by atoms with Crippen molar-refractivity contribution in [2.75, 3.05) is 5.32 Å². The maximum atomic E-state index is 12.3. The first-order valence-electron chi connectivity index (χ1n) is 9.08. The Balaban J connectivity index is 1.44. The Morgan fingerprint density at radius 1 is 1.12 bits per heavy atom. The molecular formula is C21H22ClN3O. The van der Waals surface area contributed by atoms with E-state index in [9.17, 15) is 4.79 Å². The van der Waals surface area contributed by atoms with Gasteiger partial charge in [0, 0.05) is 33.9 Å². The number of hydrogen-bond acceptors (Lipinski definition) is 1. The van der Waals surface area contributed by atoms with Gasteiger partial charge in [-0.25, -0.2) is 4.79 Å². The smallest absolute Gasteiger partial charge is 0.319 e. The zero-order valence-electron chi connectivity index (χ0n) is 14.5. The molecule has 2 aromatic carbocycles. The standard InChI is InChI=1S/C21H22ClN3O/c22-15-9-10-20-18(12-15)19(13-23-20)14-5-4-8-17(11-14)25-21(26)24-16-6-2-1-3-7-16/h1-3,6-7,9-10,12-14,17,23H,4-5,8,11H2,(H2,24,25,26)/t14-,17+/m1/s1. The third-order valence-corrected chi connectivity index (χ3v) is 5.39. The van der Waals surface area contributed by atoms with Gasteiger partial charge in [-0.2, -0.15) is 0 Å². The van der Waals surface area contributed by atoms with E-state index in [4.69, 9.17) is 11.6 Å². The normalized spacial score (nSPS) is 20.0. The summed E-state index contributed by atoms with van der Waals surface area (Å²) >= 11 is 6.18. The van der Waals surface area contributed by atoms with E-state index < -0.39 is 0 Å². The minimum absolute atomic E-state index is 0.135. The summed E-state index contributed by atoms with van der Waals surface area (Å²) < 4.78 is 0. The van der Waals surface area contributed by atoms with E-state index in [0.717, 1.165) is 41.9 Å². The van der Waals surface area contributed by atoms with Crippen LogP contribution in [0, 0.1) is 0 Å². The summed E-state index contributed by atoms with van der Waals surface area (Å²) in [6.45, 7) is 0. The molecule has 3 N–H and O–H groups in total. The van der Waals surface area contributed by atoms with E-state index in [1.807, 2.05) is 48.5 Å². The van der Waals surface area contributed by atoms with Crippen LogP contribution in [0.4, 0.5) is 10.5 Å². The lowest BCUT2D eigenvalue weighted by atomic mass is 9.81. The first-order chi connectivity index (χ1) is 12.7. The van der Waals surface area contributed by atoms with Crippen LogP contribution in [0.15, 0.2) is 54.7 Å². The van der Waals surface area contributed by atoms with Crippen molar-refractivity contribution in [1.82, 2.24) is 10.3 Å². The highest BCUT2D eigenvalue weighted by molar-refractivity contribution is 6.31. The van der Waals surface area contributed by atoms with Crippen molar-refractivity contribution in [3.63, 3.8) is 0 Å². The van der Waals surface area contributed by atoms with E-state index in [-0.39, 0.29) is 12.1 Å². The van der Waals surface area contributed by atoms with Gasteiger partial charge < -0.3 is 15.6 Å². The van der Waals surface area contributed by atoms with Gasteiger partial charge in [-0.1, -0.05) is 36.2 Å². The lowest BCUT2D eigenvalue weighted by molar-refractivity contribution is 0.242. The number of hydrogen-bond donors (Lipinski definition) is 3. The van der Waals surface area contributed by atoms with Crippen molar-refractivity contribution in [1.29, 1.82) is 0 Å². The van der Waals surface area contributed by atoms with Crippen molar-refractivity contribution in [2.24, 2.45) is 0 Å². The Morgan fingerprint density at radius 2 is 1.96 bits per heavy atom. The van der Waals surface area contributed by atoms with Crippen LogP contribution in [0.3, 0.4) is 0 Å². The van der Waals surface area contributed by atoms with Crippen molar-refractivity contribution in [2.45, 2.75) is 37.6 Å². The second kappa shape index (κ2) is 7.42. The van der Waals surface area contributed by atoms with Gasteiger partial charge in [0.15, 0.2) is 0 Å². The fourth-order valence-electron chi connectivity index (χ4n) is 3.93. The summed E-state index contributed by atoms with van der Waals surface area (Å²) in [5.74, 6) is 0.429. The van der Waals surface area contributed by atoms with Crippen LogP contribution in [-0.2, 0) is 0 Å². The molecule has 3 aromatic rings. The molecule has 134 valence electrons. The van der Waals surface area contributed by atoms with Crippen LogP contribution in [0.2, 0.25) is 5.02 Å². The summed E-state index contributed by atoms with van der Waals surface area (Å²) in [7, 11) is 0. The zero-order chi connectivity index (χ0) is 17.9. The molecule has 4 rings (SSSR count). The summed E-state index contributed by atoms with van der Waals surface area (Å²) in [4.78, 5) is 15.6. The molecular weight excluding hydrogens is 346 g/mol. The number of para-hydroxylation sites is 1. The average molecular weight is 368 g/mol. The van der Waals surface area contributed by atoms with Gasteiger partial charge in [0.1, 0.15) is 0 Å². The molecule has 0 bridgehead atoms. The van der Waals surface area contributed by atoms with E-state index in [0.29, 0.717) is 5.92 Å². The Labute approximate surface area is 157 Å². The topological polar surface area (TPSA) is 56.9 Å². The van der Waals surface area contributed by atoms with Crippen molar-refractivity contribution in [3.8, 4) is 0 Å². The average Bonchev–Trinajstić information content (AvgIpc) is 3.05. The van der Waals surface area contributed by atoms with Gasteiger partial charge in [0.05, 0.1) is 0 Å². The second-order valence-corrected chi connectivity index (χ2v) is 7.40. The maximum absolute atomic E-state index is 12.3. The maximum Gasteiger partial charge on any atom is 0.319 e. The van der Waals surface area contributed by atoms with Crippen molar-refractivity contribution < 1.29 is 4.79 Å². The second-order valence-electron chi connectivity index (χ2n) is 6.96. The van der Waals surface area contributed by atoms with Gasteiger partial charge >= 0.3 is 6.03 Å². The van der Waals surface area contributed by atoms with Crippen molar-refractivity contribution >= 4 is 34.2 Å². The van der Waals surface area contributed by atoms with Gasteiger partial charge in [-0.3, -0.25) is 0 Å². The molecule has 2 atom stereocenters. The Kier molecular flexibility index (Phi) is 4.85. The highest BCUT2D eigenvalue weighted by Gasteiger charge is 2.26. The number of urea groups is 1. The predicted octanol–water partition coefficient (Wildman–Crippen LogP) is 5.67. The zero-order valence-corrected chi connectivity index (χ0v) is 15.2. The third-order valence-electron chi connectivity index (χ3n) is 5.16. The molecule has 1 aliphatic rings. The quantitative estimate of drug-likeness (QED) is 0.548. The molecule has 0 aliphatic heterocycles. The van der Waals surface area contributed by atoms with Crippen LogP contribution in [0.25, 0.3) is 10.9 Å². The van der Waals surface area contributed by atoms with Gasteiger partial charge in [-0.15, -0.1) is 0 Å².